The van der Waals surface area contributed by atoms with Crippen molar-refractivity contribution in [1.82, 2.24) is 9.97 Å². The molecule has 0 aliphatic heterocycles. The molecule has 2 rings (SSSR count). The number of aryl methyl sites for hydroxylation is 2. The minimum Gasteiger partial charge on any atom is -0.250 e. The van der Waals surface area contributed by atoms with Crippen LogP contribution in [0.25, 0.3) is 11.0 Å². The summed E-state index contributed by atoms with van der Waals surface area (Å²) in [6.07, 6.45) is -2.73. The largest absolute Gasteiger partial charge is 0.416 e. The van der Waals surface area contributed by atoms with Crippen molar-refractivity contribution in [2.75, 3.05) is 0 Å². The molecule has 18 heavy (non-hydrogen) atoms. The molecule has 0 spiro atoms. The van der Waals surface area contributed by atoms with Gasteiger partial charge in [-0.25, -0.2) is 9.97 Å². The van der Waals surface area contributed by atoms with E-state index in [1.54, 1.807) is 0 Å². The highest BCUT2D eigenvalue weighted by molar-refractivity contribution is 5.75. The first-order chi connectivity index (χ1) is 8.41. The Hall–Kier alpha value is -1.65. The van der Waals surface area contributed by atoms with Gasteiger partial charge in [0, 0.05) is 0 Å². The van der Waals surface area contributed by atoms with Gasteiger partial charge >= 0.3 is 6.18 Å². The van der Waals surface area contributed by atoms with E-state index in [0.717, 1.165) is 36.4 Å². The molecule has 0 bridgehead atoms. The smallest absolute Gasteiger partial charge is 0.250 e. The molecule has 0 N–H and O–H groups in total. The van der Waals surface area contributed by atoms with Crippen molar-refractivity contribution in [3.8, 4) is 0 Å². The Morgan fingerprint density at radius 3 is 2.44 bits per heavy atom. The summed E-state index contributed by atoms with van der Waals surface area (Å²) in [5, 5.41) is 0. The van der Waals surface area contributed by atoms with Gasteiger partial charge in [-0.2, -0.15) is 13.2 Å². The van der Waals surface area contributed by atoms with Crippen molar-refractivity contribution in [2.24, 2.45) is 0 Å². The fraction of sp³-hybridized carbons (Fsp3) is 0.385. The Labute approximate surface area is 103 Å². The SMILES string of the molecule is CCCc1nc2cc(C(F)(F)F)ccc2nc1C. The van der Waals surface area contributed by atoms with Gasteiger partial charge in [0.15, 0.2) is 0 Å². The van der Waals surface area contributed by atoms with E-state index in [0.29, 0.717) is 11.0 Å². The second-order valence-corrected chi connectivity index (χ2v) is 4.21. The number of rotatable bonds is 2. The molecule has 0 amide bonds. The lowest BCUT2D eigenvalue weighted by atomic mass is 10.1. The van der Waals surface area contributed by atoms with E-state index < -0.39 is 11.7 Å². The molecule has 0 aliphatic rings. The minimum atomic E-state index is -4.34. The maximum atomic E-state index is 12.6. The predicted molar refractivity (Wildman–Crippen MR) is 63.3 cm³/mol. The van der Waals surface area contributed by atoms with Crippen molar-refractivity contribution in [1.29, 1.82) is 0 Å². The van der Waals surface area contributed by atoms with Gasteiger partial charge < -0.3 is 0 Å². The number of hydrogen-bond donors (Lipinski definition) is 0. The summed E-state index contributed by atoms with van der Waals surface area (Å²) in [7, 11) is 0. The van der Waals surface area contributed by atoms with Crippen molar-refractivity contribution >= 4 is 11.0 Å². The Kier molecular flexibility index (Phi) is 3.24. The molecule has 5 heteroatoms. The van der Waals surface area contributed by atoms with Gasteiger partial charge in [-0.15, -0.1) is 0 Å². The molecule has 1 heterocycles. The van der Waals surface area contributed by atoms with E-state index >= 15 is 0 Å². The number of nitrogens with zero attached hydrogens (tertiary/aromatic N) is 2. The zero-order valence-corrected chi connectivity index (χ0v) is 10.2. The summed E-state index contributed by atoms with van der Waals surface area (Å²) >= 11 is 0. The fourth-order valence-corrected chi connectivity index (χ4v) is 1.83. The first-order valence-electron chi connectivity index (χ1n) is 5.76. The van der Waals surface area contributed by atoms with Crippen LogP contribution in [0, 0.1) is 6.92 Å². The van der Waals surface area contributed by atoms with Gasteiger partial charge in [0.1, 0.15) is 0 Å². The van der Waals surface area contributed by atoms with Gasteiger partial charge in [-0.3, -0.25) is 0 Å². The lowest BCUT2D eigenvalue weighted by Crippen LogP contribution is -2.06. The van der Waals surface area contributed by atoms with E-state index in [-0.39, 0.29) is 0 Å². The number of hydrogen-bond acceptors (Lipinski definition) is 2. The van der Waals surface area contributed by atoms with Gasteiger partial charge in [0.05, 0.1) is 28.0 Å². The molecule has 0 fully saturated rings. The van der Waals surface area contributed by atoms with E-state index in [2.05, 4.69) is 9.97 Å². The number of aromatic nitrogens is 2. The monoisotopic (exact) mass is 254 g/mol. The molecule has 0 saturated carbocycles. The van der Waals surface area contributed by atoms with E-state index in [1.165, 1.54) is 6.07 Å². The van der Waals surface area contributed by atoms with Crippen LogP contribution in [-0.2, 0) is 12.6 Å². The van der Waals surface area contributed by atoms with Crippen LogP contribution < -0.4 is 0 Å². The lowest BCUT2D eigenvalue weighted by Gasteiger charge is -2.09. The first kappa shape index (κ1) is 12.8. The van der Waals surface area contributed by atoms with Crippen LogP contribution in [0.3, 0.4) is 0 Å². The standard InChI is InChI=1S/C13H13F3N2/c1-3-4-10-8(2)17-11-6-5-9(13(14,15)16)7-12(11)18-10/h5-7H,3-4H2,1-2H3. The van der Waals surface area contributed by atoms with Gasteiger partial charge in [-0.1, -0.05) is 13.3 Å². The van der Waals surface area contributed by atoms with E-state index in [9.17, 15) is 13.2 Å². The normalized spacial score (nSPS) is 12.1. The van der Waals surface area contributed by atoms with Crippen molar-refractivity contribution in [3.05, 3.63) is 35.2 Å². The van der Waals surface area contributed by atoms with Crippen LogP contribution in [0.15, 0.2) is 18.2 Å². The zero-order valence-electron chi connectivity index (χ0n) is 10.2. The van der Waals surface area contributed by atoms with E-state index in [1.807, 2.05) is 13.8 Å². The number of fused-ring (bicyclic) bond motifs is 1. The molecule has 1 aromatic heterocycles. The Morgan fingerprint density at radius 2 is 1.83 bits per heavy atom. The van der Waals surface area contributed by atoms with Gasteiger partial charge in [0.2, 0.25) is 0 Å². The Morgan fingerprint density at radius 1 is 1.11 bits per heavy atom. The second kappa shape index (κ2) is 4.55. The maximum Gasteiger partial charge on any atom is 0.416 e. The average Bonchev–Trinajstić information content (AvgIpc) is 2.28. The summed E-state index contributed by atoms with van der Waals surface area (Å²) in [4.78, 5) is 8.56. The molecule has 0 atom stereocenters. The van der Waals surface area contributed by atoms with Crippen LogP contribution in [0.2, 0.25) is 0 Å². The number of benzene rings is 1. The van der Waals surface area contributed by atoms with Crippen molar-refractivity contribution in [3.63, 3.8) is 0 Å². The molecule has 2 nitrogen and oxygen atoms in total. The highest BCUT2D eigenvalue weighted by Crippen LogP contribution is 2.30. The van der Waals surface area contributed by atoms with Crippen molar-refractivity contribution in [2.45, 2.75) is 32.9 Å². The molecular formula is C13H13F3N2. The first-order valence-corrected chi connectivity index (χ1v) is 5.76. The molecule has 1 aromatic carbocycles. The summed E-state index contributed by atoms with van der Waals surface area (Å²) < 4.78 is 37.8. The van der Waals surface area contributed by atoms with Crippen LogP contribution in [0.1, 0.15) is 30.3 Å². The molecule has 2 aromatic rings. The van der Waals surface area contributed by atoms with Gasteiger partial charge in [0.25, 0.3) is 0 Å². The third kappa shape index (κ3) is 2.44. The summed E-state index contributed by atoms with van der Waals surface area (Å²) in [6, 6.07) is 3.46. The second-order valence-electron chi connectivity index (χ2n) is 4.21. The molecule has 96 valence electrons. The van der Waals surface area contributed by atoms with Gasteiger partial charge in [-0.05, 0) is 31.5 Å². The Balaban J connectivity index is 2.58. The molecule has 0 radical (unpaired) electrons. The minimum absolute atomic E-state index is 0.305. The van der Waals surface area contributed by atoms with E-state index in [4.69, 9.17) is 0 Å². The average molecular weight is 254 g/mol. The number of alkyl halides is 3. The topological polar surface area (TPSA) is 25.8 Å². The zero-order chi connectivity index (χ0) is 13.3. The van der Waals surface area contributed by atoms with Crippen LogP contribution >= 0.6 is 0 Å². The number of halogens is 3. The third-order valence-corrected chi connectivity index (χ3v) is 2.75. The predicted octanol–water partition coefficient (Wildman–Crippen LogP) is 3.91. The summed E-state index contributed by atoms with van der Waals surface area (Å²) in [6.45, 7) is 3.83. The van der Waals surface area contributed by atoms with Crippen LogP contribution in [0.4, 0.5) is 13.2 Å². The molecular weight excluding hydrogens is 241 g/mol. The highest BCUT2D eigenvalue weighted by Gasteiger charge is 2.30. The van der Waals surface area contributed by atoms with Crippen LogP contribution in [-0.4, -0.2) is 9.97 Å². The van der Waals surface area contributed by atoms with Crippen molar-refractivity contribution < 1.29 is 13.2 Å². The van der Waals surface area contributed by atoms with Crippen LogP contribution in [0.5, 0.6) is 0 Å². The molecule has 0 unspecified atom stereocenters. The third-order valence-electron chi connectivity index (χ3n) is 2.75. The molecule has 0 aliphatic carbocycles. The molecule has 0 saturated heterocycles. The Bertz CT molecular complexity index is 576. The fourth-order valence-electron chi connectivity index (χ4n) is 1.83. The quantitative estimate of drug-likeness (QED) is 0.812. The summed E-state index contributed by atoms with van der Waals surface area (Å²) in [5.41, 5.74) is 1.67. The summed E-state index contributed by atoms with van der Waals surface area (Å²) in [5.74, 6) is 0. The lowest BCUT2D eigenvalue weighted by molar-refractivity contribution is -0.137. The highest BCUT2D eigenvalue weighted by atomic mass is 19.4. The maximum absolute atomic E-state index is 12.6.